The maximum absolute atomic E-state index is 5.53. The van der Waals surface area contributed by atoms with Crippen molar-refractivity contribution < 1.29 is 4.74 Å². The molecule has 2 aromatic rings. The van der Waals surface area contributed by atoms with Gasteiger partial charge in [0.1, 0.15) is 5.75 Å². The normalized spacial score (nSPS) is 12.3. The first-order valence-corrected chi connectivity index (χ1v) is 8.68. The van der Waals surface area contributed by atoms with Crippen LogP contribution in [-0.4, -0.2) is 7.11 Å². The lowest BCUT2D eigenvalue weighted by Gasteiger charge is -2.18. The van der Waals surface area contributed by atoms with Crippen molar-refractivity contribution in [2.24, 2.45) is 0 Å². The summed E-state index contributed by atoms with van der Waals surface area (Å²) >= 11 is 11.0. The molecule has 0 spiro atoms. The van der Waals surface area contributed by atoms with E-state index >= 15 is 0 Å². The Bertz CT molecular complexity index is 638. The van der Waals surface area contributed by atoms with E-state index in [0.29, 0.717) is 0 Å². The fourth-order valence-electron chi connectivity index (χ4n) is 2.07. The molecule has 2 aromatic carbocycles. The second-order valence-corrected chi connectivity index (χ2v) is 7.36. The van der Waals surface area contributed by atoms with Crippen LogP contribution in [0.5, 0.6) is 5.75 Å². The highest BCUT2D eigenvalue weighted by molar-refractivity contribution is 9.11. The van der Waals surface area contributed by atoms with Crippen LogP contribution < -0.4 is 4.74 Å². The molecule has 0 amide bonds. The van der Waals surface area contributed by atoms with Gasteiger partial charge in [-0.3, -0.25) is 0 Å². The lowest BCUT2D eigenvalue weighted by molar-refractivity contribution is 0.410. The van der Waals surface area contributed by atoms with Crippen LogP contribution in [0.2, 0.25) is 0 Å². The number of benzene rings is 2. The molecule has 0 aliphatic rings. The summed E-state index contributed by atoms with van der Waals surface area (Å²) in [5, 5.41) is 0. The van der Waals surface area contributed by atoms with E-state index in [2.05, 4.69) is 92.0 Å². The number of hydrogen-bond acceptors (Lipinski definition) is 1. The van der Waals surface area contributed by atoms with Crippen LogP contribution in [-0.2, 0) is 0 Å². The van der Waals surface area contributed by atoms with E-state index in [4.69, 9.17) is 4.74 Å². The van der Waals surface area contributed by atoms with Crippen molar-refractivity contribution in [1.29, 1.82) is 0 Å². The highest BCUT2D eigenvalue weighted by atomic mass is 79.9. The highest BCUT2D eigenvalue weighted by Gasteiger charge is 2.19. The third-order valence-corrected chi connectivity index (χ3v) is 5.77. The van der Waals surface area contributed by atoms with E-state index in [1.54, 1.807) is 7.11 Å². The number of aryl methyl sites for hydroxylation is 2. The molecule has 0 saturated heterocycles. The molecule has 0 heterocycles. The summed E-state index contributed by atoms with van der Waals surface area (Å²) in [7, 11) is 1.71. The SMILES string of the molecule is COc1cc(C)c(Br)cc1C(Br)c1cc(C)ccc1Br. The molecule has 4 heteroatoms. The monoisotopic (exact) mass is 460 g/mol. The van der Waals surface area contributed by atoms with Crippen LogP contribution in [0.4, 0.5) is 0 Å². The molecule has 0 saturated carbocycles. The molecule has 0 fully saturated rings. The van der Waals surface area contributed by atoms with Gasteiger partial charge in [-0.1, -0.05) is 65.5 Å². The first-order chi connectivity index (χ1) is 9.43. The van der Waals surface area contributed by atoms with Crippen LogP contribution in [0, 0.1) is 13.8 Å². The molecule has 1 unspecified atom stereocenters. The molecule has 0 N–H and O–H groups in total. The van der Waals surface area contributed by atoms with Gasteiger partial charge in [-0.15, -0.1) is 0 Å². The number of alkyl halides is 1. The van der Waals surface area contributed by atoms with Gasteiger partial charge in [-0.25, -0.2) is 0 Å². The topological polar surface area (TPSA) is 9.23 Å². The summed E-state index contributed by atoms with van der Waals surface area (Å²) in [5.74, 6) is 0.890. The zero-order valence-corrected chi connectivity index (χ0v) is 16.3. The average Bonchev–Trinajstić information content (AvgIpc) is 2.43. The van der Waals surface area contributed by atoms with Gasteiger partial charge in [-0.2, -0.15) is 0 Å². The molecule has 106 valence electrons. The van der Waals surface area contributed by atoms with Gasteiger partial charge in [0.15, 0.2) is 0 Å². The van der Waals surface area contributed by atoms with E-state index in [9.17, 15) is 0 Å². The number of ether oxygens (including phenoxy) is 1. The van der Waals surface area contributed by atoms with Crippen molar-refractivity contribution >= 4 is 47.8 Å². The first kappa shape index (κ1) is 16.1. The zero-order chi connectivity index (χ0) is 14.9. The van der Waals surface area contributed by atoms with E-state index in [1.807, 2.05) is 0 Å². The van der Waals surface area contributed by atoms with E-state index < -0.39 is 0 Å². The molecular formula is C16H15Br3O. The Kier molecular flexibility index (Phi) is 5.32. The number of hydrogen-bond donors (Lipinski definition) is 0. The Hall–Kier alpha value is -0.320. The fraction of sp³-hybridized carbons (Fsp3) is 0.250. The predicted octanol–water partition coefficient (Wildman–Crippen LogP) is 6.32. The van der Waals surface area contributed by atoms with Gasteiger partial charge < -0.3 is 4.74 Å². The lowest BCUT2D eigenvalue weighted by Crippen LogP contribution is -1.99. The van der Waals surface area contributed by atoms with Crippen LogP contribution in [0.1, 0.15) is 27.1 Å². The number of methoxy groups -OCH3 is 1. The Labute approximate surface area is 145 Å². The highest BCUT2D eigenvalue weighted by Crippen LogP contribution is 2.41. The average molecular weight is 463 g/mol. The standard InChI is InChI=1S/C16H15Br3O/c1-9-4-5-13(17)11(6-9)16(19)12-8-14(18)10(2)7-15(12)20-3/h4-8,16H,1-3H3. The van der Waals surface area contributed by atoms with Gasteiger partial charge in [0.05, 0.1) is 11.9 Å². The van der Waals surface area contributed by atoms with Crippen molar-refractivity contribution in [2.75, 3.05) is 7.11 Å². The van der Waals surface area contributed by atoms with Gasteiger partial charge in [0, 0.05) is 14.5 Å². The maximum Gasteiger partial charge on any atom is 0.123 e. The Balaban J connectivity index is 2.55. The number of rotatable bonds is 3. The molecule has 0 aromatic heterocycles. The van der Waals surface area contributed by atoms with Crippen LogP contribution >= 0.6 is 47.8 Å². The summed E-state index contributed by atoms with van der Waals surface area (Å²) in [6.07, 6.45) is 0. The third-order valence-electron chi connectivity index (χ3n) is 3.21. The van der Waals surface area contributed by atoms with Crippen LogP contribution in [0.25, 0.3) is 0 Å². The fourth-order valence-corrected chi connectivity index (χ4v) is 3.95. The van der Waals surface area contributed by atoms with Crippen LogP contribution in [0.15, 0.2) is 39.3 Å². The minimum absolute atomic E-state index is 0.0728. The Morgan fingerprint density at radius 2 is 1.65 bits per heavy atom. The molecule has 0 radical (unpaired) electrons. The van der Waals surface area contributed by atoms with E-state index in [-0.39, 0.29) is 4.83 Å². The summed E-state index contributed by atoms with van der Waals surface area (Å²) in [5.41, 5.74) is 4.70. The van der Waals surface area contributed by atoms with Crippen molar-refractivity contribution in [3.8, 4) is 5.75 Å². The quantitative estimate of drug-likeness (QED) is 0.485. The van der Waals surface area contributed by atoms with E-state index in [0.717, 1.165) is 25.8 Å². The van der Waals surface area contributed by atoms with Gasteiger partial charge in [0.25, 0.3) is 0 Å². The third kappa shape index (κ3) is 3.29. The van der Waals surface area contributed by atoms with Crippen molar-refractivity contribution in [3.05, 3.63) is 61.5 Å². The molecule has 1 nitrogen and oxygen atoms in total. The van der Waals surface area contributed by atoms with Crippen LogP contribution in [0.3, 0.4) is 0 Å². The zero-order valence-electron chi connectivity index (χ0n) is 11.5. The van der Waals surface area contributed by atoms with Gasteiger partial charge in [-0.05, 0) is 43.2 Å². The predicted molar refractivity (Wildman–Crippen MR) is 95.1 cm³/mol. The summed E-state index contributed by atoms with van der Waals surface area (Å²) in [6.45, 7) is 4.15. The first-order valence-electron chi connectivity index (χ1n) is 6.18. The summed E-state index contributed by atoms with van der Waals surface area (Å²) in [4.78, 5) is 0.0728. The van der Waals surface area contributed by atoms with Gasteiger partial charge >= 0.3 is 0 Å². The lowest BCUT2D eigenvalue weighted by atomic mass is 10.0. The maximum atomic E-state index is 5.53. The molecule has 1 atom stereocenters. The molecule has 0 aliphatic carbocycles. The Morgan fingerprint density at radius 3 is 2.30 bits per heavy atom. The molecule has 0 bridgehead atoms. The van der Waals surface area contributed by atoms with Gasteiger partial charge in [0.2, 0.25) is 0 Å². The molecule has 0 aliphatic heterocycles. The number of halogens is 3. The van der Waals surface area contributed by atoms with Crippen molar-refractivity contribution in [3.63, 3.8) is 0 Å². The smallest absolute Gasteiger partial charge is 0.123 e. The second kappa shape index (κ2) is 6.63. The minimum Gasteiger partial charge on any atom is -0.496 e. The molecular weight excluding hydrogens is 448 g/mol. The van der Waals surface area contributed by atoms with Crippen molar-refractivity contribution in [2.45, 2.75) is 18.7 Å². The second-order valence-electron chi connectivity index (χ2n) is 4.73. The molecule has 2 rings (SSSR count). The Morgan fingerprint density at radius 1 is 0.950 bits per heavy atom. The minimum atomic E-state index is 0.0728. The molecule has 20 heavy (non-hydrogen) atoms. The summed E-state index contributed by atoms with van der Waals surface area (Å²) in [6, 6.07) is 10.5. The van der Waals surface area contributed by atoms with Crippen molar-refractivity contribution in [1.82, 2.24) is 0 Å². The summed E-state index contributed by atoms with van der Waals surface area (Å²) < 4.78 is 7.70. The van der Waals surface area contributed by atoms with E-state index in [1.165, 1.54) is 11.1 Å². The largest absolute Gasteiger partial charge is 0.496 e.